The van der Waals surface area contributed by atoms with Crippen molar-refractivity contribution in [2.75, 3.05) is 7.11 Å². The molecular weight excluding hydrogens is 394 g/mol. The lowest BCUT2D eigenvalue weighted by Gasteiger charge is -2.08. The summed E-state index contributed by atoms with van der Waals surface area (Å²) in [4.78, 5) is 27.8. The third-order valence-electron chi connectivity index (χ3n) is 4.60. The molecule has 0 radical (unpaired) electrons. The lowest BCUT2D eigenvalue weighted by molar-refractivity contribution is -0.132. The van der Waals surface area contributed by atoms with E-state index in [1.165, 1.54) is 14.0 Å². The second-order valence-corrected chi connectivity index (χ2v) is 6.78. The summed E-state index contributed by atoms with van der Waals surface area (Å²) in [5.41, 5.74) is 3.70. The van der Waals surface area contributed by atoms with Gasteiger partial charge in [0.25, 0.3) is 0 Å². The summed E-state index contributed by atoms with van der Waals surface area (Å²) in [6.45, 7) is 1.31. The summed E-state index contributed by atoms with van der Waals surface area (Å²) in [7, 11) is 1.47. The Morgan fingerprint density at radius 3 is 2.26 bits per heavy atom. The molecule has 1 heterocycles. The van der Waals surface area contributed by atoms with Gasteiger partial charge < -0.3 is 14.2 Å². The van der Waals surface area contributed by atoms with Gasteiger partial charge in [-0.15, -0.1) is 0 Å². The molecule has 0 amide bonds. The van der Waals surface area contributed by atoms with Crippen molar-refractivity contribution in [1.29, 1.82) is 0 Å². The van der Waals surface area contributed by atoms with E-state index in [0.717, 1.165) is 11.1 Å². The van der Waals surface area contributed by atoms with E-state index in [1.807, 2.05) is 54.6 Å². The number of ether oxygens (including phenoxy) is 3. The first kappa shape index (κ1) is 20.1. The van der Waals surface area contributed by atoms with Crippen LogP contribution in [0.4, 0.5) is 0 Å². The number of aliphatic imine (C=N–C) groups is 1. The van der Waals surface area contributed by atoms with Gasteiger partial charge in [-0.1, -0.05) is 48.5 Å². The number of cyclic esters (lactones) is 1. The van der Waals surface area contributed by atoms with E-state index in [2.05, 4.69) is 4.99 Å². The van der Waals surface area contributed by atoms with Gasteiger partial charge >= 0.3 is 11.9 Å². The van der Waals surface area contributed by atoms with E-state index in [0.29, 0.717) is 22.6 Å². The third-order valence-corrected chi connectivity index (χ3v) is 4.60. The number of benzene rings is 3. The Labute approximate surface area is 179 Å². The second kappa shape index (κ2) is 8.67. The Bertz CT molecular complexity index is 1190. The van der Waals surface area contributed by atoms with Crippen molar-refractivity contribution < 1.29 is 23.8 Å². The molecule has 0 atom stereocenters. The van der Waals surface area contributed by atoms with Gasteiger partial charge in [-0.2, -0.15) is 0 Å². The van der Waals surface area contributed by atoms with Crippen LogP contribution < -0.4 is 9.47 Å². The highest BCUT2D eigenvalue weighted by Gasteiger charge is 2.24. The first-order valence-electron chi connectivity index (χ1n) is 9.58. The zero-order valence-corrected chi connectivity index (χ0v) is 17.0. The molecule has 1 aliphatic heterocycles. The summed E-state index contributed by atoms with van der Waals surface area (Å²) >= 11 is 0. The zero-order valence-electron chi connectivity index (χ0n) is 17.0. The van der Waals surface area contributed by atoms with Gasteiger partial charge in [-0.05, 0) is 47.0 Å². The van der Waals surface area contributed by atoms with Crippen LogP contribution in [0, 0.1) is 0 Å². The van der Waals surface area contributed by atoms with Crippen LogP contribution in [0.25, 0.3) is 17.2 Å². The molecule has 0 bridgehead atoms. The number of carbonyl (C=O) groups is 2. The SMILES string of the molecule is COc1cc(/C=C2\N=C(c3ccc(-c4ccccc4)cc3)OC2=O)ccc1OC(C)=O. The first-order chi connectivity index (χ1) is 15.0. The molecule has 0 aliphatic carbocycles. The third kappa shape index (κ3) is 4.53. The second-order valence-electron chi connectivity index (χ2n) is 6.78. The molecular formula is C25H19NO5. The predicted molar refractivity (Wildman–Crippen MR) is 117 cm³/mol. The molecule has 4 rings (SSSR count). The van der Waals surface area contributed by atoms with Gasteiger partial charge in [0.05, 0.1) is 7.11 Å². The Kier molecular flexibility index (Phi) is 5.62. The molecule has 0 aromatic heterocycles. The number of rotatable bonds is 5. The minimum atomic E-state index is -0.537. The van der Waals surface area contributed by atoms with Crippen molar-refractivity contribution in [2.24, 2.45) is 4.99 Å². The van der Waals surface area contributed by atoms with E-state index in [9.17, 15) is 9.59 Å². The quantitative estimate of drug-likeness (QED) is 0.346. The lowest BCUT2D eigenvalue weighted by Crippen LogP contribution is -2.05. The summed E-state index contributed by atoms with van der Waals surface area (Å²) in [5.74, 6) is -0.0636. The van der Waals surface area contributed by atoms with Crippen LogP contribution in [0.2, 0.25) is 0 Å². The number of carbonyl (C=O) groups excluding carboxylic acids is 2. The number of hydrogen-bond acceptors (Lipinski definition) is 6. The van der Waals surface area contributed by atoms with Crippen LogP contribution in [0.1, 0.15) is 18.1 Å². The van der Waals surface area contributed by atoms with Crippen molar-refractivity contribution in [3.63, 3.8) is 0 Å². The molecule has 0 saturated heterocycles. The van der Waals surface area contributed by atoms with Crippen molar-refractivity contribution in [1.82, 2.24) is 0 Å². The summed E-state index contributed by atoms with van der Waals surface area (Å²) in [6.07, 6.45) is 1.59. The van der Waals surface area contributed by atoms with E-state index in [-0.39, 0.29) is 11.6 Å². The highest BCUT2D eigenvalue weighted by atomic mass is 16.6. The van der Waals surface area contributed by atoms with E-state index < -0.39 is 11.9 Å². The Balaban J connectivity index is 1.58. The maximum Gasteiger partial charge on any atom is 0.363 e. The molecule has 3 aromatic carbocycles. The summed E-state index contributed by atoms with van der Waals surface area (Å²) < 4.78 is 15.7. The van der Waals surface area contributed by atoms with Crippen molar-refractivity contribution >= 4 is 23.9 Å². The molecule has 6 nitrogen and oxygen atoms in total. The van der Waals surface area contributed by atoms with Crippen molar-refractivity contribution in [2.45, 2.75) is 6.92 Å². The van der Waals surface area contributed by atoms with Gasteiger partial charge in [0.2, 0.25) is 5.90 Å². The number of methoxy groups -OCH3 is 1. The van der Waals surface area contributed by atoms with Crippen LogP contribution in [0.3, 0.4) is 0 Å². The van der Waals surface area contributed by atoms with Gasteiger partial charge in [-0.3, -0.25) is 4.79 Å². The van der Waals surface area contributed by atoms with Crippen molar-refractivity contribution in [3.8, 4) is 22.6 Å². The topological polar surface area (TPSA) is 74.2 Å². The molecule has 0 unspecified atom stereocenters. The van der Waals surface area contributed by atoms with E-state index in [1.54, 1.807) is 24.3 Å². The zero-order chi connectivity index (χ0) is 21.8. The monoisotopic (exact) mass is 413 g/mol. The molecule has 0 fully saturated rings. The first-order valence-corrected chi connectivity index (χ1v) is 9.58. The van der Waals surface area contributed by atoms with Crippen LogP contribution >= 0.6 is 0 Å². The predicted octanol–water partition coefficient (Wildman–Crippen LogP) is 4.63. The van der Waals surface area contributed by atoms with E-state index in [4.69, 9.17) is 14.2 Å². The van der Waals surface area contributed by atoms with Gasteiger partial charge in [-0.25, -0.2) is 9.79 Å². The summed E-state index contributed by atoms with van der Waals surface area (Å²) in [5, 5.41) is 0. The lowest BCUT2D eigenvalue weighted by atomic mass is 10.0. The van der Waals surface area contributed by atoms with Gasteiger partial charge in [0, 0.05) is 12.5 Å². The van der Waals surface area contributed by atoms with E-state index >= 15 is 0 Å². The van der Waals surface area contributed by atoms with Crippen LogP contribution in [-0.2, 0) is 14.3 Å². The highest BCUT2D eigenvalue weighted by molar-refractivity contribution is 6.13. The molecule has 31 heavy (non-hydrogen) atoms. The smallest absolute Gasteiger partial charge is 0.363 e. The average Bonchev–Trinajstić information content (AvgIpc) is 3.15. The number of hydrogen-bond donors (Lipinski definition) is 0. The summed E-state index contributed by atoms with van der Waals surface area (Å²) in [6, 6.07) is 22.6. The number of nitrogens with zero attached hydrogens (tertiary/aromatic N) is 1. The Morgan fingerprint density at radius 2 is 1.58 bits per heavy atom. The molecule has 1 aliphatic rings. The molecule has 0 N–H and O–H groups in total. The normalized spacial score (nSPS) is 14.2. The average molecular weight is 413 g/mol. The Hall–Kier alpha value is -4.19. The standard InChI is InChI=1S/C25H19NO5/c1-16(27)30-22-13-8-17(15-23(22)29-2)14-21-25(28)31-24(26-21)20-11-9-19(10-12-20)18-6-4-3-5-7-18/h3-15H,1-2H3/b21-14-. The molecule has 0 spiro atoms. The maximum absolute atomic E-state index is 12.3. The maximum atomic E-state index is 12.3. The van der Waals surface area contributed by atoms with Crippen LogP contribution in [-0.4, -0.2) is 24.9 Å². The molecule has 3 aromatic rings. The fraction of sp³-hybridized carbons (Fsp3) is 0.0800. The van der Waals surface area contributed by atoms with Gasteiger partial charge in [0.1, 0.15) is 0 Å². The molecule has 154 valence electrons. The van der Waals surface area contributed by atoms with Crippen LogP contribution in [0.5, 0.6) is 11.5 Å². The highest BCUT2D eigenvalue weighted by Crippen LogP contribution is 2.30. The fourth-order valence-electron chi connectivity index (χ4n) is 3.14. The van der Waals surface area contributed by atoms with Crippen molar-refractivity contribution in [3.05, 3.63) is 89.6 Å². The van der Waals surface area contributed by atoms with Crippen LogP contribution in [0.15, 0.2) is 83.5 Å². The number of esters is 2. The minimum absolute atomic E-state index is 0.171. The molecule has 0 saturated carbocycles. The Morgan fingerprint density at radius 1 is 0.903 bits per heavy atom. The fourth-order valence-corrected chi connectivity index (χ4v) is 3.14. The molecule has 6 heteroatoms. The minimum Gasteiger partial charge on any atom is -0.493 e. The largest absolute Gasteiger partial charge is 0.493 e. The van der Waals surface area contributed by atoms with Gasteiger partial charge in [0.15, 0.2) is 17.2 Å².